The topological polar surface area (TPSA) is 38.0 Å². The maximum Gasteiger partial charge on any atom is 0.0526 e. The second kappa shape index (κ2) is 4.86. The maximum atomic E-state index is 6.10. The Morgan fingerprint density at radius 2 is 2.06 bits per heavy atom. The summed E-state index contributed by atoms with van der Waals surface area (Å²) >= 11 is 3.60. The van der Waals surface area contributed by atoms with Gasteiger partial charge in [0.25, 0.3) is 0 Å². The highest BCUT2D eigenvalue weighted by Crippen LogP contribution is 2.48. The minimum absolute atomic E-state index is 0.0212. The Morgan fingerprint density at radius 1 is 1.39 bits per heavy atom. The lowest BCUT2D eigenvalue weighted by atomic mass is 9.86. The van der Waals surface area contributed by atoms with Gasteiger partial charge in [-0.3, -0.25) is 0 Å². The molecule has 3 heteroatoms. The Bertz CT molecular complexity index is 430. The van der Waals surface area contributed by atoms with E-state index >= 15 is 0 Å². The molecule has 100 valence electrons. The van der Waals surface area contributed by atoms with Crippen LogP contribution in [0.5, 0.6) is 0 Å². The highest BCUT2D eigenvalue weighted by molar-refractivity contribution is 9.10. The van der Waals surface area contributed by atoms with E-state index in [9.17, 15) is 0 Å². The predicted molar refractivity (Wildman–Crippen MR) is 81.7 cm³/mol. The van der Waals surface area contributed by atoms with E-state index in [0.717, 1.165) is 16.6 Å². The van der Waals surface area contributed by atoms with Crippen molar-refractivity contribution in [1.29, 1.82) is 0 Å². The predicted octanol–water partition coefficient (Wildman–Crippen LogP) is 4.01. The molecule has 1 aliphatic rings. The first-order valence-electron chi connectivity index (χ1n) is 6.61. The summed E-state index contributed by atoms with van der Waals surface area (Å²) in [6, 6.07) is 8.27. The molecule has 1 saturated carbocycles. The fourth-order valence-electron chi connectivity index (χ4n) is 3.45. The molecule has 1 aliphatic carbocycles. The number of para-hydroxylation sites is 1. The molecule has 0 amide bonds. The summed E-state index contributed by atoms with van der Waals surface area (Å²) < 4.78 is 1.11. The summed E-state index contributed by atoms with van der Waals surface area (Å²) in [5, 5.41) is 3.71. The van der Waals surface area contributed by atoms with Gasteiger partial charge in [-0.2, -0.15) is 0 Å². The Morgan fingerprint density at radius 3 is 2.56 bits per heavy atom. The van der Waals surface area contributed by atoms with E-state index in [2.05, 4.69) is 60.2 Å². The molecule has 2 nitrogen and oxygen atoms in total. The van der Waals surface area contributed by atoms with E-state index in [4.69, 9.17) is 5.73 Å². The fourth-order valence-corrected chi connectivity index (χ4v) is 3.83. The van der Waals surface area contributed by atoms with Crippen molar-refractivity contribution in [2.75, 3.05) is 11.9 Å². The molecule has 2 rings (SSSR count). The molecule has 0 radical (unpaired) electrons. The van der Waals surface area contributed by atoms with Gasteiger partial charge in [0.2, 0.25) is 0 Å². The molecule has 1 aromatic carbocycles. The van der Waals surface area contributed by atoms with E-state index in [1.54, 1.807) is 0 Å². The van der Waals surface area contributed by atoms with Crippen LogP contribution in [0.25, 0.3) is 0 Å². The minimum atomic E-state index is 0.0212. The van der Waals surface area contributed by atoms with Gasteiger partial charge in [-0.15, -0.1) is 0 Å². The van der Waals surface area contributed by atoms with Crippen molar-refractivity contribution in [3.05, 3.63) is 28.7 Å². The molecule has 0 bridgehead atoms. The summed E-state index contributed by atoms with van der Waals surface area (Å²) in [6.07, 6.45) is 2.35. The van der Waals surface area contributed by atoms with Crippen molar-refractivity contribution >= 4 is 21.6 Å². The van der Waals surface area contributed by atoms with Crippen molar-refractivity contribution in [2.45, 2.75) is 39.2 Å². The van der Waals surface area contributed by atoms with Gasteiger partial charge in [-0.05, 0) is 52.2 Å². The number of nitrogens with one attached hydrogen (secondary N) is 1. The Labute approximate surface area is 118 Å². The van der Waals surface area contributed by atoms with Crippen molar-refractivity contribution in [3.63, 3.8) is 0 Å². The van der Waals surface area contributed by atoms with Crippen molar-refractivity contribution in [3.8, 4) is 0 Å². The molecule has 3 N–H and O–H groups in total. The van der Waals surface area contributed by atoms with Crippen LogP contribution in [-0.2, 0) is 0 Å². The molecule has 18 heavy (non-hydrogen) atoms. The zero-order valence-electron chi connectivity index (χ0n) is 11.5. The molecule has 0 saturated heterocycles. The maximum absolute atomic E-state index is 6.10. The van der Waals surface area contributed by atoms with Crippen molar-refractivity contribution < 1.29 is 0 Å². The Balaban J connectivity index is 2.27. The summed E-state index contributed by atoms with van der Waals surface area (Å²) in [6.45, 7) is 7.66. The van der Waals surface area contributed by atoms with Crippen LogP contribution in [0.15, 0.2) is 28.7 Å². The molecule has 2 unspecified atom stereocenters. The first kappa shape index (κ1) is 13.9. The standard InChI is InChI=1S/C15H23BrN2/c1-11-8-14(2,3)9-15(11,10-17)18-13-7-5-4-6-12(13)16/h4-7,11,18H,8-10,17H2,1-3H3. The second-order valence-electron chi connectivity index (χ2n) is 6.41. The SMILES string of the molecule is CC1CC(C)(C)CC1(CN)Nc1ccccc1Br. The van der Waals surface area contributed by atoms with E-state index < -0.39 is 0 Å². The first-order chi connectivity index (χ1) is 8.38. The molecule has 2 atom stereocenters. The highest BCUT2D eigenvalue weighted by Gasteiger charge is 2.47. The quantitative estimate of drug-likeness (QED) is 0.885. The van der Waals surface area contributed by atoms with Crippen LogP contribution in [0.1, 0.15) is 33.6 Å². The van der Waals surface area contributed by atoms with Crippen LogP contribution in [-0.4, -0.2) is 12.1 Å². The Kier molecular flexibility index (Phi) is 3.75. The minimum Gasteiger partial charge on any atom is -0.377 e. The molecule has 1 aromatic rings. The molecule has 1 fully saturated rings. The van der Waals surface area contributed by atoms with Gasteiger partial charge >= 0.3 is 0 Å². The van der Waals surface area contributed by atoms with Crippen LogP contribution in [0.3, 0.4) is 0 Å². The van der Waals surface area contributed by atoms with Crippen LogP contribution in [0.4, 0.5) is 5.69 Å². The normalized spacial score (nSPS) is 30.4. The summed E-state index contributed by atoms with van der Waals surface area (Å²) in [5.41, 5.74) is 7.64. The summed E-state index contributed by atoms with van der Waals surface area (Å²) in [5.74, 6) is 0.588. The lowest BCUT2D eigenvalue weighted by molar-refractivity contribution is 0.350. The zero-order valence-corrected chi connectivity index (χ0v) is 13.0. The van der Waals surface area contributed by atoms with E-state index in [-0.39, 0.29) is 5.54 Å². The van der Waals surface area contributed by atoms with Crippen LogP contribution < -0.4 is 11.1 Å². The average molecular weight is 311 g/mol. The molecule has 0 heterocycles. The highest BCUT2D eigenvalue weighted by atomic mass is 79.9. The third kappa shape index (κ3) is 2.57. The third-order valence-corrected chi connectivity index (χ3v) is 4.91. The van der Waals surface area contributed by atoms with Gasteiger partial charge in [-0.25, -0.2) is 0 Å². The lowest BCUT2D eigenvalue weighted by Gasteiger charge is -2.36. The number of hydrogen-bond acceptors (Lipinski definition) is 2. The van der Waals surface area contributed by atoms with Crippen molar-refractivity contribution in [1.82, 2.24) is 0 Å². The summed E-state index contributed by atoms with van der Waals surface area (Å²) in [4.78, 5) is 0. The fraction of sp³-hybridized carbons (Fsp3) is 0.600. The molecule has 0 spiro atoms. The van der Waals surface area contributed by atoms with Gasteiger partial charge in [0, 0.05) is 16.7 Å². The number of nitrogens with two attached hydrogens (primary N) is 1. The van der Waals surface area contributed by atoms with Crippen molar-refractivity contribution in [2.24, 2.45) is 17.1 Å². The van der Waals surface area contributed by atoms with E-state index in [0.29, 0.717) is 17.9 Å². The van der Waals surface area contributed by atoms with Crippen LogP contribution >= 0.6 is 15.9 Å². The number of anilines is 1. The molecular weight excluding hydrogens is 288 g/mol. The van der Waals surface area contributed by atoms with Gasteiger partial charge in [0.15, 0.2) is 0 Å². The van der Waals surface area contributed by atoms with Gasteiger partial charge in [0.1, 0.15) is 0 Å². The number of hydrogen-bond donors (Lipinski definition) is 2. The largest absolute Gasteiger partial charge is 0.377 e. The van der Waals surface area contributed by atoms with Crippen LogP contribution in [0, 0.1) is 11.3 Å². The number of halogens is 1. The number of benzene rings is 1. The first-order valence-corrected chi connectivity index (χ1v) is 7.41. The average Bonchev–Trinajstić information content (AvgIpc) is 2.52. The Hall–Kier alpha value is -0.540. The smallest absolute Gasteiger partial charge is 0.0526 e. The molecular formula is C15H23BrN2. The molecule has 0 aromatic heterocycles. The molecule has 0 aliphatic heterocycles. The van der Waals surface area contributed by atoms with E-state index in [1.165, 1.54) is 6.42 Å². The lowest BCUT2D eigenvalue weighted by Crippen LogP contribution is -2.48. The summed E-state index contributed by atoms with van der Waals surface area (Å²) in [7, 11) is 0. The van der Waals surface area contributed by atoms with Gasteiger partial charge in [-0.1, -0.05) is 32.9 Å². The number of rotatable bonds is 3. The van der Waals surface area contributed by atoms with Gasteiger partial charge in [0.05, 0.1) is 5.54 Å². The van der Waals surface area contributed by atoms with Crippen LogP contribution in [0.2, 0.25) is 0 Å². The van der Waals surface area contributed by atoms with Gasteiger partial charge < -0.3 is 11.1 Å². The zero-order chi connectivity index (χ0) is 13.4. The third-order valence-electron chi connectivity index (χ3n) is 4.22. The second-order valence-corrected chi connectivity index (χ2v) is 7.27. The van der Waals surface area contributed by atoms with E-state index in [1.807, 2.05) is 6.07 Å². The monoisotopic (exact) mass is 310 g/mol.